The first-order valence-corrected chi connectivity index (χ1v) is 11.4. The lowest BCUT2D eigenvalue weighted by Gasteiger charge is -2.32. The number of rotatable bonds is 6. The van der Waals surface area contributed by atoms with Crippen LogP contribution in [0, 0.1) is 5.92 Å². The van der Waals surface area contributed by atoms with Gasteiger partial charge >= 0.3 is 0 Å². The van der Waals surface area contributed by atoms with E-state index >= 15 is 0 Å². The van der Waals surface area contributed by atoms with E-state index in [-0.39, 0.29) is 17.7 Å². The molecule has 1 aliphatic rings. The lowest BCUT2D eigenvalue weighted by Crippen LogP contribution is -2.45. The van der Waals surface area contributed by atoms with E-state index in [0.29, 0.717) is 30.9 Å². The van der Waals surface area contributed by atoms with Crippen LogP contribution < -0.4 is 10.0 Å². The highest BCUT2D eigenvalue weighted by Gasteiger charge is 2.28. The second-order valence-corrected chi connectivity index (χ2v) is 8.99. The molecule has 2 amide bonds. The van der Waals surface area contributed by atoms with E-state index in [0.717, 1.165) is 24.7 Å². The second-order valence-electron chi connectivity index (χ2n) is 7.25. The first-order chi connectivity index (χ1) is 13.8. The van der Waals surface area contributed by atoms with Gasteiger partial charge in [0.05, 0.1) is 12.2 Å². The Morgan fingerprint density at radius 2 is 1.76 bits per heavy atom. The fraction of sp³-hybridized carbons (Fsp3) is 0.333. The van der Waals surface area contributed by atoms with Gasteiger partial charge in [-0.15, -0.1) is 0 Å². The van der Waals surface area contributed by atoms with Crippen LogP contribution in [-0.2, 0) is 21.4 Å². The first kappa shape index (κ1) is 20.9. The van der Waals surface area contributed by atoms with Crippen LogP contribution in [0.4, 0.5) is 5.69 Å². The van der Waals surface area contributed by atoms with Crippen LogP contribution in [-0.4, -0.2) is 44.5 Å². The molecule has 1 aliphatic heterocycles. The minimum Gasteiger partial charge on any atom is -0.352 e. The number of sulfonamides is 1. The maximum absolute atomic E-state index is 12.8. The van der Waals surface area contributed by atoms with Gasteiger partial charge in [0.2, 0.25) is 15.9 Å². The van der Waals surface area contributed by atoms with E-state index in [1.807, 2.05) is 30.3 Å². The zero-order chi connectivity index (χ0) is 20.9. The molecule has 0 aliphatic carbocycles. The first-order valence-electron chi connectivity index (χ1n) is 9.50. The Bertz CT molecular complexity index is 959. The monoisotopic (exact) mass is 415 g/mol. The minimum absolute atomic E-state index is 0.0425. The topological polar surface area (TPSA) is 95.6 Å². The van der Waals surface area contributed by atoms with Gasteiger partial charge in [0.25, 0.3) is 5.91 Å². The lowest BCUT2D eigenvalue weighted by atomic mass is 9.96. The summed E-state index contributed by atoms with van der Waals surface area (Å²) in [5, 5.41) is 2.96. The third kappa shape index (κ3) is 6.05. The Morgan fingerprint density at radius 1 is 1.07 bits per heavy atom. The van der Waals surface area contributed by atoms with Crippen molar-refractivity contribution in [2.45, 2.75) is 19.4 Å². The number of likely N-dealkylation sites (tertiary alicyclic amines) is 1. The third-order valence-electron chi connectivity index (χ3n) is 4.82. The molecule has 29 heavy (non-hydrogen) atoms. The Hall–Kier alpha value is -2.87. The van der Waals surface area contributed by atoms with Crippen molar-refractivity contribution in [1.82, 2.24) is 10.2 Å². The number of hydrogen-bond donors (Lipinski definition) is 2. The molecule has 154 valence electrons. The summed E-state index contributed by atoms with van der Waals surface area (Å²) in [6.07, 6.45) is 2.59. The molecule has 0 bridgehead atoms. The van der Waals surface area contributed by atoms with E-state index in [1.54, 1.807) is 29.2 Å². The minimum atomic E-state index is -3.36. The molecule has 1 fully saturated rings. The molecule has 1 heterocycles. The Balaban J connectivity index is 1.58. The van der Waals surface area contributed by atoms with Gasteiger partial charge in [0.1, 0.15) is 0 Å². The quantitative estimate of drug-likeness (QED) is 0.756. The zero-order valence-corrected chi connectivity index (χ0v) is 17.1. The van der Waals surface area contributed by atoms with E-state index in [1.165, 1.54) is 0 Å². The number of benzene rings is 2. The molecule has 3 rings (SSSR count). The molecular formula is C21H25N3O4S. The van der Waals surface area contributed by atoms with E-state index in [4.69, 9.17) is 0 Å². The SMILES string of the molecule is CS(=O)(=O)Nc1ccc(C(=O)N2CCC[C@@H](C(=O)NCc3ccccc3)C2)cc1. The summed E-state index contributed by atoms with van der Waals surface area (Å²) in [6, 6.07) is 16.0. The molecule has 8 heteroatoms. The van der Waals surface area contributed by atoms with Crippen molar-refractivity contribution in [3.05, 3.63) is 65.7 Å². The van der Waals surface area contributed by atoms with Crippen LogP contribution in [0.2, 0.25) is 0 Å². The number of carbonyl (C=O) groups is 2. The molecule has 0 saturated carbocycles. The highest BCUT2D eigenvalue weighted by atomic mass is 32.2. The second kappa shape index (κ2) is 9.09. The molecule has 1 atom stereocenters. The van der Waals surface area contributed by atoms with E-state index in [2.05, 4.69) is 10.0 Å². The van der Waals surface area contributed by atoms with Gasteiger partial charge in [-0.05, 0) is 42.7 Å². The van der Waals surface area contributed by atoms with Crippen molar-refractivity contribution in [2.75, 3.05) is 24.1 Å². The van der Waals surface area contributed by atoms with Crippen molar-refractivity contribution in [1.29, 1.82) is 0 Å². The van der Waals surface area contributed by atoms with Crippen LogP contribution in [0.5, 0.6) is 0 Å². The van der Waals surface area contributed by atoms with Crippen LogP contribution in [0.1, 0.15) is 28.8 Å². The fourth-order valence-electron chi connectivity index (χ4n) is 3.38. The predicted octanol–water partition coefficient (Wildman–Crippen LogP) is 2.23. The van der Waals surface area contributed by atoms with Crippen LogP contribution in [0.3, 0.4) is 0 Å². The van der Waals surface area contributed by atoms with Gasteiger partial charge in [-0.1, -0.05) is 30.3 Å². The number of nitrogens with one attached hydrogen (secondary N) is 2. The van der Waals surface area contributed by atoms with Crippen molar-refractivity contribution in [3.63, 3.8) is 0 Å². The summed E-state index contributed by atoms with van der Waals surface area (Å²) in [7, 11) is -3.36. The van der Waals surface area contributed by atoms with Crippen molar-refractivity contribution in [2.24, 2.45) is 5.92 Å². The summed E-state index contributed by atoms with van der Waals surface area (Å²) >= 11 is 0. The number of hydrogen-bond acceptors (Lipinski definition) is 4. The standard InChI is InChI=1S/C21H25N3O4S/c1-29(27,28)23-19-11-9-17(10-12-19)21(26)24-13-5-8-18(15-24)20(25)22-14-16-6-3-2-4-7-16/h2-4,6-7,9-12,18,23H,5,8,13-15H2,1H3,(H,22,25)/t18-/m1/s1. The van der Waals surface area contributed by atoms with Gasteiger partial charge in [0, 0.05) is 30.9 Å². The number of carbonyl (C=O) groups excluding carboxylic acids is 2. The number of piperidine rings is 1. The number of amides is 2. The summed E-state index contributed by atoms with van der Waals surface area (Å²) in [5.74, 6) is -0.432. The Morgan fingerprint density at radius 3 is 2.41 bits per heavy atom. The van der Waals surface area contributed by atoms with Gasteiger partial charge in [-0.25, -0.2) is 8.42 Å². The van der Waals surface area contributed by atoms with Gasteiger partial charge in [-0.2, -0.15) is 0 Å². The molecule has 0 aromatic heterocycles. The van der Waals surface area contributed by atoms with Gasteiger partial charge in [0.15, 0.2) is 0 Å². The Labute approximate surface area is 171 Å². The molecule has 2 aromatic rings. The highest BCUT2D eigenvalue weighted by molar-refractivity contribution is 7.92. The molecule has 0 radical (unpaired) electrons. The molecule has 7 nitrogen and oxygen atoms in total. The Kier molecular flexibility index (Phi) is 6.53. The van der Waals surface area contributed by atoms with Gasteiger partial charge in [-0.3, -0.25) is 14.3 Å². The third-order valence-corrected chi connectivity index (χ3v) is 5.43. The molecule has 2 N–H and O–H groups in total. The van der Waals surface area contributed by atoms with Crippen LogP contribution >= 0.6 is 0 Å². The van der Waals surface area contributed by atoms with Gasteiger partial charge < -0.3 is 10.2 Å². The van der Waals surface area contributed by atoms with E-state index in [9.17, 15) is 18.0 Å². The van der Waals surface area contributed by atoms with Crippen molar-refractivity contribution >= 4 is 27.5 Å². The smallest absolute Gasteiger partial charge is 0.253 e. The molecule has 2 aromatic carbocycles. The molecule has 1 saturated heterocycles. The van der Waals surface area contributed by atoms with Crippen molar-refractivity contribution in [3.8, 4) is 0 Å². The van der Waals surface area contributed by atoms with Crippen LogP contribution in [0.25, 0.3) is 0 Å². The average molecular weight is 416 g/mol. The summed E-state index contributed by atoms with van der Waals surface area (Å²) < 4.78 is 24.9. The largest absolute Gasteiger partial charge is 0.352 e. The molecule has 0 unspecified atom stereocenters. The van der Waals surface area contributed by atoms with E-state index < -0.39 is 10.0 Å². The summed E-state index contributed by atoms with van der Waals surface area (Å²) in [6.45, 7) is 1.45. The normalized spacial score (nSPS) is 16.9. The lowest BCUT2D eigenvalue weighted by molar-refractivity contribution is -0.126. The zero-order valence-electron chi connectivity index (χ0n) is 16.3. The average Bonchev–Trinajstić information content (AvgIpc) is 2.72. The number of anilines is 1. The summed E-state index contributed by atoms with van der Waals surface area (Å²) in [5.41, 5.74) is 1.91. The predicted molar refractivity (Wildman–Crippen MR) is 112 cm³/mol. The summed E-state index contributed by atoms with van der Waals surface area (Å²) in [4.78, 5) is 27.0. The highest BCUT2D eigenvalue weighted by Crippen LogP contribution is 2.20. The maximum Gasteiger partial charge on any atom is 0.253 e. The molecular weight excluding hydrogens is 390 g/mol. The molecule has 0 spiro atoms. The number of nitrogens with zero attached hydrogens (tertiary/aromatic N) is 1. The van der Waals surface area contributed by atoms with Crippen molar-refractivity contribution < 1.29 is 18.0 Å². The maximum atomic E-state index is 12.8. The fourth-order valence-corrected chi connectivity index (χ4v) is 3.95. The van der Waals surface area contributed by atoms with Crippen LogP contribution in [0.15, 0.2) is 54.6 Å².